The van der Waals surface area contributed by atoms with E-state index in [0.717, 1.165) is 68.3 Å². The van der Waals surface area contributed by atoms with Gasteiger partial charge in [-0.3, -0.25) is 14.9 Å². The zero-order chi connectivity index (χ0) is 28.5. The molecule has 0 aliphatic heterocycles. The summed E-state index contributed by atoms with van der Waals surface area (Å²) in [5.74, 6) is 0. The third kappa shape index (κ3) is 10.8. The molecule has 0 fully saturated rings. The van der Waals surface area contributed by atoms with Crippen molar-refractivity contribution in [2.24, 2.45) is 0 Å². The van der Waals surface area contributed by atoms with Crippen molar-refractivity contribution < 1.29 is 10.2 Å². The Labute approximate surface area is 243 Å². The van der Waals surface area contributed by atoms with Crippen LogP contribution in [-0.4, -0.2) is 63.9 Å². The molecule has 41 heavy (non-hydrogen) atoms. The third-order valence-electron chi connectivity index (χ3n) is 6.99. The Balaban J connectivity index is 1.27. The smallest absolute Gasteiger partial charge is 0.0965 e. The fraction of sp³-hybridized carbons (Fsp3) is 0.333. The Morgan fingerprint density at radius 2 is 1.22 bits per heavy atom. The van der Waals surface area contributed by atoms with Gasteiger partial charge in [0.25, 0.3) is 0 Å². The predicted molar refractivity (Wildman–Crippen MR) is 163 cm³/mol. The van der Waals surface area contributed by atoms with Crippen LogP contribution in [0.2, 0.25) is 0 Å². The summed E-state index contributed by atoms with van der Waals surface area (Å²) in [6.45, 7) is 6.32. The molecule has 0 saturated carbocycles. The van der Waals surface area contributed by atoms with Gasteiger partial charge in [0.2, 0.25) is 0 Å². The molecule has 2 aromatic heterocycles. The van der Waals surface area contributed by atoms with Gasteiger partial charge in [0.05, 0.1) is 30.1 Å². The van der Waals surface area contributed by atoms with E-state index in [0.29, 0.717) is 6.54 Å². The van der Waals surface area contributed by atoms with Crippen molar-refractivity contribution in [2.75, 3.05) is 32.8 Å². The van der Waals surface area contributed by atoms with Crippen LogP contribution in [0.15, 0.2) is 103 Å². The summed E-state index contributed by atoms with van der Waals surface area (Å²) in [7, 11) is 0. The number of aliphatic hydroxyl groups is 2. The van der Waals surface area contributed by atoms with Crippen LogP contribution in [-0.2, 0) is 26.2 Å². The minimum absolute atomic E-state index is 0.147. The average Bonchev–Trinajstić information content (AvgIpc) is 3.03. The van der Waals surface area contributed by atoms with Gasteiger partial charge in [0.1, 0.15) is 0 Å². The molecule has 0 unspecified atom stereocenters. The van der Waals surface area contributed by atoms with E-state index in [1.165, 1.54) is 5.56 Å². The second-order valence-corrected chi connectivity index (χ2v) is 10.1. The van der Waals surface area contributed by atoms with Gasteiger partial charge in [-0.1, -0.05) is 66.7 Å². The summed E-state index contributed by atoms with van der Waals surface area (Å²) in [4.78, 5) is 11.2. The molecule has 0 radical (unpaired) electrons. The van der Waals surface area contributed by atoms with Crippen molar-refractivity contribution in [3.05, 3.63) is 131 Å². The van der Waals surface area contributed by atoms with Gasteiger partial charge in [-0.05, 0) is 41.0 Å². The number of rotatable bonds is 18. The maximum Gasteiger partial charge on any atom is 0.0965 e. The van der Waals surface area contributed by atoms with Gasteiger partial charge in [-0.25, -0.2) is 0 Å². The average molecular weight is 555 g/mol. The zero-order valence-corrected chi connectivity index (χ0v) is 23.6. The first-order valence-electron chi connectivity index (χ1n) is 14.3. The van der Waals surface area contributed by atoms with E-state index in [2.05, 4.69) is 55.1 Å². The summed E-state index contributed by atoms with van der Waals surface area (Å²) in [5.41, 5.74) is 5.22. The summed E-state index contributed by atoms with van der Waals surface area (Å²) in [5, 5.41) is 30.8. The number of pyridine rings is 2. The normalized spacial score (nSPS) is 12.9. The number of hydrogen-bond donors (Lipinski definition) is 5. The lowest BCUT2D eigenvalue weighted by Gasteiger charge is -2.24. The van der Waals surface area contributed by atoms with Crippen molar-refractivity contribution in [2.45, 2.75) is 38.3 Å². The van der Waals surface area contributed by atoms with Crippen LogP contribution in [0, 0.1) is 0 Å². The lowest BCUT2D eigenvalue weighted by molar-refractivity contribution is 0.0892. The molecule has 2 heterocycles. The number of benzene rings is 2. The van der Waals surface area contributed by atoms with E-state index in [1.54, 1.807) is 0 Å². The molecule has 0 spiro atoms. The van der Waals surface area contributed by atoms with E-state index >= 15 is 0 Å². The van der Waals surface area contributed by atoms with Crippen LogP contribution in [0.25, 0.3) is 0 Å². The van der Waals surface area contributed by atoms with Crippen molar-refractivity contribution in [1.82, 2.24) is 30.8 Å². The quantitative estimate of drug-likeness (QED) is 0.120. The van der Waals surface area contributed by atoms with E-state index in [-0.39, 0.29) is 6.61 Å². The Hall–Kier alpha value is -3.50. The molecule has 4 aromatic rings. The highest BCUT2D eigenvalue weighted by Crippen LogP contribution is 2.17. The van der Waals surface area contributed by atoms with E-state index < -0.39 is 12.1 Å². The number of nitrogens with one attached hydrogen (secondary N) is 3. The molecular weight excluding hydrogens is 512 g/mol. The van der Waals surface area contributed by atoms with Gasteiger partial charge in [0, 0.05) is 64.8 Å². The molecule has 0 aliphatic carbocycles. The van der Waals surface area contributed by atoms with Crippen LogP contribution < -0.4 is 16.0 Å². The molecule has 0 aliphatic rings. The minimum Gasteiger partial charge on any atom is -0.395 e. The van der Waals surface area contributed by atoms with Crippen LogP contribution >= 0.6 is 0 Å². The molecule has 8 nitrogen and oxygen atoms in total. The molecule has 216 valence electrons. The summed E-state index contributed by atoms with van der Waals surface area (Å²) in [6, 6.07) is 29.5. The molecular formula is C33H42N6O2. The van der Waals surface area contributed by atoms with Gasteiger partial charge in [-0.15, -0.1) is 0 Å². The molecule has 0 bridgehead atoms. The maximum atomic E-state index is 10.7. The van der Waals surface area contributed by atoms with Crippen molar-refractivity contribution in [3.8, 4) is 0 Å². The van der Waals surface area contributed by atoms with E-state index in [4.69, 9.17) is 0 Å². The first-order chi connectivity index (χ1) is 20.2. The fourth-order valence-corrected chi connectivity index (χ4v) is 4.61. The lowest BCUT2D eigenvalue weighted by atomic mass is 10.0. The van der Waals surface area contributed by atoms with Crippen molar-refractivity contribution in [1.29, 1.82) is 0 Å². The molecule has 2 atom stereocenters. The number of nitrogens with zero attached hydrogens (tertiary/aromatic N) is 3. The van der Waals surface area contributed by atoms with Crippen molar-refractivity contribution in [3.63, 3.8) is 0 Å². The lowest BCUT2D eigenvalue weighted by Crippen LogP contribution is -2.37. The van der Waals surface area contributed by atoms with Gasteiger partial charge >= 0.3 is 0 Å². The molecule has 0 amide bonds. The fourth-order valence-electron chi connectivity index (χ4n) is 4.61. The van der Waals surface area contributed by atoms with Gasteiger partial charge in [-0.2, -0.15) is 0 Å². The first-order valence-corrected chi connectivity index (χ1v) is 14.3. The van der Waals surface area contributed by atoms with Crippen LogP contribution in [0.1, 0.15) is 34.2 Å². The topological polar surface area (TPSA) is 106 Å². The summed E-state index contributed by atoms with van der Waals surface area (Å²) >= 11 is 0. The van der Waals surface area contributed by atoms with E-state index in [1.807, 2.05) is 79.1 Å². The summed E-state index contributed by atoms with van der Waals surface area (Å²) < 4.78 is 0. The SMILES string of the molecule is OC[C@@H](NCc1ccc(CN(CCNCc2ccccn2)CCNCc2ccccn2)cc1)[C@@H](O)c1ccccc1. The largest absolute Gasteiger partial charge is 0.395 e. The highest BCUT2D eigenvalue weighted by Gasteiger charge is 2.19. The summed E-state index contributed by atoms with van der Waals surface area (Å²) in [6.07, 6.45) is 2.88. The van der Waals surface area contributed by atoms with Gasteiger partial charge < -0.3 is 26.2 Å². The Bertz CT molecular complexity index is 1180. The zero-order valence-electron chi connectivity index (χ0n) is 23.6. The number of aromatic nitrogens is 2. The highest BCUT2D eigenvalue weighted by atomic mass is 16.3. The van der Waals surface area contributed by atoms with Crippen molar-refractivity contribution >= 4 is 0 Å². The van der Waals surface area contributed by atoms with Crippen LogP contribution in [0.4, 0.5) is 0 Å². The Morgan fingerprint density at radius 3 is 1.76 bits per heavy atom. The van der Waals surface area contributed by atoms with Crippen LogP contribution in [0.5, 0.6) is 0 Å². The van der Waals surface area contributed by atoms with E-state index in [9.17, 15) is 10.2 Å². The molecule has 8 heteroatoms. The van der Waals surface area contributed by atoms with Crippen LogP contribution in [0.3, 0.4) is 0 Å². The Morgan fingerprint density at radius 1 is 0.659 bits per heavy atom. The second-order valence-electron chi connectivity index (χ2n) is 10.1. The molecule has 4 rings (SSSR count). The Kier molecular flexibility index (Phi) is 12.9. The number of hydrogen-bond acceptors (Lipinski definition) is 8. The number of aliphatic hydroxyl groups excluding tert-OH is 2. The molecule has 5 N–H and O–H groups in total. The molecule has 2 aromatic carbocycles. The second kappa shape index (κ2) is 17.3. The third-order valence-corrected chi connectivity index (χ3v) is 6.99. The maximum absolute atomic E-state index is 10.7. The monoisotopic (exact) mass is 554 g/mol. The standard InChI is InChI=1S/C33H42N6O2/c40-26-32(33(41)29-8-2-1-3-9-29)38-22-27-12-14-28(15-13-27)25-39(20-18-34-23-30-10-4-6-16-36-30)21-19-35-24-31-11-5-7-17-37-31/h1-17,32-35,38,40-41H,18-26H2/t32-,33+/m1/s1. The first kappa shape index (κ1) is 30.5. The molecule has 0 saturated heterocycles. The minimum atomic E-state index is -0.772. The predicted octanol–water partition coefficient (Wildman–Crippen LogP) is 3.04. The van der Waals surface area contributed by atoms with Gasteiger partial charge in [0.15, 0.2) is 0 Å². The highest BCUT2D eigenvalue weighted by molar-refractivity contribution is 5.23.